The molecule has 1 aromatic heterocycles. The Morgan fingerprint density at radius 3 is 2.52 bits per heavy atom. The van der Waals surface area contributed by atoms with E-state index >= 15 is 0 Å². The van der Waals surface area contributed by atoms with E-state index in [1.165, 1.54) is 12.8 Å². The molecule has 0 spiro atoms. The summed E-state index contributed by atoms with van der Waals surface area (Å²) in [4.78, 5) is 33.6. The molecule has 0 radical (unpaired) electrons. The Bertz CT molecular complexity index is 689. The fourth-order valence-corrected chi connectivity index (χ4v) is 4.47. The number of pyridine rings is 1. The van der Waals surface area contributed by atoms with Crippen molar-refractivity contribution in [2.45, 2.75) is 50.6 Å². The summed E-state index contributed by atoms with van der Waals surface area (Å²) in [6.45, 7) is 4.44. The lowest BCUT2D eigenvalue weighted by Crippen LogP contribution is -2.47. The maximum absolute atomic E-state index is 12.7. The molecule has 2 saturated heterocycles. The van der Waals surface area contributed by atoms with Crippen LogP contribution in [0, 0.1) is 5.92 Å². The van der Waals surface area contributed by atoms with Crippen LogP contribution in [-0.2, 0) is 20.7 Å². The van der Waals surface area contributed by atoms with Gasteiger partial charge in [0.2, 0.25) is 11.8 Å². The minimum Gasteiger partial charge on any atom is -0.378 e. The molecule has 29 heavy (non-hydrogen) atoms. The van der Waals surface area contributed by atoms with Crippen molar-refractivity contribution in [2.24, 2.45) is 5.92 Å². The number of rotatable bonds is 8. The Morgan fingerprint density at radius 1 is 1.07 bits per heavy atom. The Hall–Kier alpha value is -1.99. The van der Waals surface area contributed by atoms with Crippen molar-refractivity contribution in [3.8, 4) is 0 Å². The first-order chi connectivity index (χ1) is 14.2. The second kappa shape index (κ2) is 9.67. The largest absolute Gasteiger partial charge is 0.378 e. The van der Waals surface area contributed by atoms with Gasteiger partial charge in [-0.1, -0.05) is 0 Å². The van der Waals surface area contributed by atoms with Gasteiger partial charge in [0.15, 0.2) is 0 Å². The highest BCUT2D eigenvalue weighted by Crippen LogP contribution is 2.35. The molecule has 158 valence electrons. The van der Waals surface area contributed by atoms with Crippen LogP contribution >= 0.6 is 0 Å². The predicted octanol–water partition coefficient (Wildman–Crippen LogP) is 1.23. The Morgan fingerprint density at radius 2 is 1.79 bits per heavy atom. The van der Waals surface area contributed by atoms with Crippen LogP contribution in [-0.4, -0.2) is 78.1 Å². The molecule has 4 rings (SSSR count). The fraction of sp³-hybridized carbons (Fsp3) is 0.682. The quantitative estimate of drug-likeness (QED) is 0.711. The smallest absolute Gasteiger partial charge is 0.224 e. The van der Waals surface area contributed by atoms with Crippen LogP contribution in [0.5, 0.6) is 0 Å². The normalized spacial score (nSPS) is 25.2. The number of likely N-dealkylation sites (tertiary alicyclic amines) is 1. The Labute approximate surface area is 172 Å². The van der Waals surface area contributed by atoms with Crippen molar-refractivity contribution in [1.29, 1.82) is 0 Å². The number of hydrogen-bond donors (Lipinski definition) is 1. The molecule has 7 heteroatoms. The van der Waals surface area contributed by atoms with Crippen LogP contribution in [0.3, 0.4) is 0 Å². The molecule has 1 N–H and O–H groups in total. The van der Waals surface area contributed by atoms with Gasteiger partial charge >= 0.3 is 0 Å². The number of carbonyl (C=O) groups excluding carboxylic acids is 2. The van der Waals surface area contributed by atoms with E-state index in [-0.39, 0.29) is 11.8 Å². The number of ether oxygens (including phenoxy) is 1. The summed E-state index contributed by atoms with van der Waals surface area (Å²) in [6, 6.07) is 4.39. The SMILES string of the molecule is O=C(Cc1ccncc1)NC[C@@H]1CC[C@H](CC(=O)N2CCOCC2)N1CC1CC1. The Kier molecular flexibility index (Phi) is 6.77. The summed E-state index contributed by atoms with van der Waals surface area (Å²) < 4.78 is 5.37. The third-order valence-corrected chi connectivity index (χ3v) is 6.36. The lowest BCUT2D eigenvalue weighted by molar-refractivity contribution is -0.136. The number of nitrogens with zero attached hydrogens (tertiary/aromatic N) is 3. The van der Waals surface area contributed by atoms with E-state index in [0.29, 0.717) is 57.8 Å². The van der Waals surface area contributed by atoms with Gasteiger partial charge < -0.3 is 15.0 Å². The lowest BCUT2D eigenvalue weighted by atomic mass is 10.1. The minimum absolute atomic E-state index is 0.0513. The molecule has 7 nitrogen and oxygen atoms in total. The van der Waals surface area contributed by atoms with Gasteiger partial charge in [0.1, 0.15) is 0 Å². The zero-order chi connectivity index (χ0) is 20.1. The third kappa shape index (κ3) is 5.76. The van der Waals surface area contributed by atoms with Crippen LogP contribution in [0.25, 0.3) is 0 Å². The molecule has 3 fully saturated rings. The Balaban J connectivity index is 1.29. The van der Waals surface area contributed by atoms with Gasteiger partial charge in [-0.3, -0.25) is 19.5 Å². The summed E-state index contributed by atoms with van der Waals surface area (Å²) in [6.07, 6.45) is 9.07. The highest BCUT2D eigenvalue weighted by molar-refractivity contribution is 5.78. The first-order valence-electron chi connectivity index (χ1n) is 11.0. The maximum atomic E-state index is 12.7. The number of hydrogen-bond acceptors (Lipinski definition) is 5. The molecule has 3 heterocycles. The molecule has 0 unspecified atom stereocenters. The highest BCUT2D eigenvalue weighted by Gasteiger charge is 2.38. The van der Waals surface area contributed by atoms with Crippen molar-refractivity contribution < 1.29 is 14.3 Å². The van der Waals surface area contributed by atoms with E-state index in [2.05, 4.69) is 15.2 Å². The molecule has 1 aromatic rings. The van der Waals surface area contributed by atoms with Crippen LogP contribution in [0.4, 0.5) is 0 Å². The molecule has 2 atom stereocenters. The summed E-state index contributed by atoms with van der Waals surface area (Å²) in [5, 5.41) is 3.12. The van der Waals surface area contributed by atoms with Crippen molar-refractivity contribution in [3.05, 3.63) is 30.1 Å². The van der Waals surface area contributed by atoms with Crippen LogP contribution in [0.15, 0.2) is 24.5 Å². The van der Waals surface area contributed by atoms with Gasteiger partial charge in [-0.25, -0.2) is 0 Å². The summed E-state index contributed by atoms with van der Waals surface area (Å²) in [5.74, 6) is 1.07. The van der Waals surface area contributed by atoms with Gasteiger partial charge in [0.25, 0.3) is 0 Å². The van der Waals surface area contributed by atoms with Gasteiger partial charge in [-0.15, -0.1) is 0 Å². The van der Waals surface area contributed by atoms with E-state index < -0.39 is 0 Å². The molecule has 2 aliphatic heterocycles. The molecule has 2 amide bonds. The van der Waals surface area contributed by atoms with E-state index in [4.69, 9.17) is 4.74 Å². The van der Waals surface area contributed by atoms with Crippen molar-refractivity contribution in [3.63, 3.8) is 0 Å². The standard InChI is InChI=1S/C22H32N4O3/c27-21(13-17-5-7-23-8-6-17)24-15-20-4-3-19(26(20)16-18-1-2-18)14-22(28)25-9-11-29-12-10-25/h5-8,18-20H,1-4,9-16H2,(H,24,27)/t19-,20+/m1/s1. The molecular formula is C22H32N4O3. The second-order valence-corrected chi connectivity index (χ2v) is 8.56. The predicted molar refractivity (Wildman–Crippen MR) is 109 cm³/mol. The van der Waals surface area contributed by atoms with Gasteiger partial charge in [0.05, 0.1) is 19.6 Å². The number of carbonyl (C=O) groups is 2. The molecule has 0 bridgehead atoms. The molecule has 3 aliphatic rings. The van der Waals surface area contributed by atoms with Gasteiger partial charge in [-0.2, -0.15) is 0 Å². The zero-order valence-corrected chi connectivity index (χ0v) is 17.1. The fourth-order valence-electron chi connectivity index (χ4n) is 4.47. The van der Waals surface area contributed by atoms with Gasteiger partial charge in [0, 0.05) is 57.1 Å². The summed E-state index contributed by atoms with van der Waals surface area (Å²) >= 11 is 0. The summed E-state index contributed by atoms with van der Waals surface area (Å²) in [5.41, 5.74) is 0.979. The van der Waals surface area contributed by atoms with Crippen molar-refractivity contribution >= 4 is 11.8 Å². The van der Waals surface area contributed by atoms with E-state index in [0.717, 1.165) is 30.9 Å². The molecule has 0 aromatic carbocycles. The average molecular weight is 401 g/mol. The number of aromatic nitrogens is 1. The minimum atomic E-state index is 0.0513. The first kappa shape index (κ1) is 20.3. The third-order valence-electron chi connectivity index (χ3n) is 6.36. The lowest BCUT2D eigenvalue weighted by Gasteiger charge is -2.33. The zero-order valence-electron chi connectivity index (χ0n) is 17.1. The summed E-state index contributed by atoms with van der Waals surface area (Å²) in [7, 11) is 0. The number of nitrogens with one attached hydrogen (secondary N) is 1. The topological polar surface area (TPSA) is 74.8 Å². The van der Waals surface area contributed by atoms with E-state index in [1.54, 1.807) is 12.4 Å². The van der Waals surface area contributed by atoms with Crippen LogP contribution < -0.4 is 5.32 Å². The first-order valence-corrected chi connectivity index (χ1v) is 11.0. The van der Waals surface area contributed by atoms with Crippen molar-refractivity contribution in [1.82, 2.24) is 20.1 Å². The number of amides is 2. The molecule has 1 aliphatic carbocycles. The number of morpholine rings is 1. The second-order valence-electron chi connectivity index (χ2n) is 8.56. The van der Waals surface area contributed by atoms with Crippen LogP contribution in [0.2, 0.25) is 0 Å². The molecule has 1 saturated carbocycles. The highest BCUT2D eigenvalue weighted by atomic mass is 16.5. The monoisotopic (exact) mass is 400 g/mol. The average Bonchev–Trinajstić information content (AvgIpc) is 3.49. The van der Waals surface area contributed by atoms with E-state index in [1.807, 2.05) is 17.0 Å². The molecular weight excluding hydrogens is 368 g/mol. The van der Waals surface area contributed by atoms with E-state index in [9.17, 15) is 9.59 Å². The van der Waals surface area contributed by atoms with Crippen LogP contribution in [0.1, 0.15) is 37.7 Å². The maximum Gasteiger partial charge on any atom is 0.224 e. The van der Waals surface area contributed by atoms with Gasteiger partial charge in [-0.05, 0) is 49.3 Å². The van der Waals surface area contributed by atoms with Crippen molar-refractivity contribution in [2.75, 3.05) is 39.4 Å².